The van der Waals surface area contributed by atoms with E-state index < -0.39 is 16.3 Å². The van der Waals surface area contributed by atoms with Crippen LogP contribution in [-0.4, -0.2) is 32.0 Å². The zero-order valence-electron chi connectivity index (χ0n) is 12.2. The van der Waals surface area contributed by atoms with Gasteiger partial charge in [-0.2, -0.15) is 12.7 Å². The Hall–Kier alpha value is -1.64. The molecule has 0 aliphatic heterocycles. The highest BCUT2D eigenvalue weighted by atomic mass is 32.2. The fraction of sp³-hybridized carbons (Fsp3) is 0.462. The first-order valence-corrected chi connectivity index (χ1v) is 8.10. The Morgan fingerprint density at radius 2 is 1.90 bits per heavy atom. The first kappa shape index (κ1) is 17.4. The first-order chi connectivity index (χ1) is 9.94. The average molecular weight is 315 g/mol. The molecule has 7 nitrogen and oxygen atoms in total. The van der Waals surface area contributed by atoms with E-state index in [-0.39, 0.29) is 19.7 Å². The van der Waals surface area contributed by atoms with E-state index in [1.165, 1.54) is 0 Å². The van der Waals surface area contributed by atoms with Gasteiger partial charge in [0, 0.05) is 19.6 Å². The minimum Gasteiger partial charge on any atom is -0.449 e. The Balaban J connectivity index is 2.89. The summed E-state index contributed by atoms with van der Waals surface area (Å²) in [6, 6.07) is 7.31. The van der Waals surface area contributed by atoms with Gasteiger partial charge in [-0.05, 0) is 18.1 Å². The molecule has 1 aromatic rings. The standard InChI is InChI=1S/C13H21N3O4S/c1-3-16(21(18,19)15-13(17)20-4-2)10-12-8-6-5-7-11(12)9-14/h5-8H,3-4,9-10,14H2,1-2H3,(H,15,17). The number of nitrogens with two attached hydrogens (primary N) is 1. The number of carbonyl (C=O) groups is 1. The van der Waals surface area contributed by atoms with Crippen LogP contribution >= 0.6 is 0 Å². The molecule has 118 valence electrons. The summed E-state index contributed by atoms with van der Waals surface area (Å²) in [5, 5.41) is 0. The zero-order valence-corrected chi connectivity index (χ0v) is 13.0. The lowest BCUT2D eigenvalue weighted by Gasteiger charge is -2.21. The van der Waals surface area contributed by atoms with E-state index in [0.29, 0.717) is 6.54 Å². The summed E-state index contributed by atoms with van der Waals surface area (Å²) in [7, 11) is -3.95. The van der Waals surface area contributed by atoms with Crippen molar-refractivity contribution in [2.24, 2.45) is 5.73 Å². The third-order valence-corrected chi connectivity index (χ3v) is 4.36. The van der Waals surface area contributed by atoms with Crippen LogP contribution in [0.1, 0.15) is 25.0 Å². The predicted molar refractivity (Wildman–Crippen MR) is 79.5 cm³/mol. The molecule has 1 aromatic carbocycles. The van der Waals surface area contributed by atoms with Gasteiger partial charge in [0.2, 0.25) is 0 Å². The molecule has 0 heterocycles. The van der Waals surface area contributed by atoms with Gasteiger partial charge < -0.3 is 10.5 Å². The SMILES string of the molecule is CCOC(=O)NS(=O)(=O)N(CC)Cc1ccccc1CN. The molecule has 0 aromatic heterocycles. The maximum atomic E-state index is 12.1. The van der Waals surface area contributed by atoms with E-state index >= 15 is 0 Å². The monoisotopic (exact) mass is 315 g/mol. The number of amides is 1. The van der Waals surface area contributed by atoms with Crippen LogP contribution in [0.4, 0.5) is 4.79 Å². The number of rotatable bonds is 7. The maximum absolute atomic E-state index is 12.1. The Labute approximate surface area is 125 Å². The van der Waals surface area contributed by atoms with Crippen LogP contribution in [0, 0.1) is 0 Å². The minimum absolute atomic E-state index is 0.101. The van der Waals surface area contributed by atoms with Crippen LogP contribution in [0.2, 0.25) is 0 Å². The van der Waals surface area contributed by atoms with Crippen molar-refractivity contribution in [3.63, 3.8) is 0 Å². The molecule has 8 heteroatoms. The predicted octanol–water partition coefficient (Wildman–Crippen LogP) is 0.958. The van der Waals surface area contributed by atoms with Gasteiger partial charge in [-0.25, -0.2) is 9.52 Å². The van der Waals surface area contributed by atoms with Crippen molar-refractivity contribution in [1.82, 2.24) is 9.03 Å². The van der Waals surface area contributed by atoms with Gasteiger partial charge in [0.25, 0.3) is 0 Å². The van der Waals surface area contributed by atoms with Crippen molar-refractivity contribution in [2.45, 2.75) is 26.9 Å². The van der Waals surface area contributed by atoms with Crippen molar-refractivity contribution in [2.75, 3.05) is 13.2 Å². The highest BCUT2D eigenvalue weighted by Gasteiger charge is 2.24. The second-order valence-corrected chi connectivity index (χ2v) is 5.90. The number of carbonyl (C=O) groups excluding carboxylic acids is 1. The topological polar surface area (TPSA) is 102 Å². The van der Waals surface area contributed by atoms with E-state index in [9.17, 15) is 13.2 Å². The lowest BCUT2D eigenvalue weighted by Crippen LogP contribution is -2.43. The summed E-state index contributed by atoms with van der Waals surface area (Å²) in [4.78, 5) is 11.3. The van der Waals surface area contributed by atoms with E-state index in [4.69, 9.17) is 5.73 Å². The molecule has 0 spiro atoms. The van der Waals surface area contributed by atoms with Crippen molar-refractivity contribution in [3.8, 4) is 0 Å². The Bertz CT molecular complexity index is 575. The molecule has 0 bridgehead atoms. The van der Waals surface area contributed by atoms with Gasteiger partial charge >= 0.3 is 16.3 Å². The molecule has 1 rings (SSSR count). The van der Waals surface area contributed by atoms with Crippen LogP contribution in [-0.2, 0) is 28.0 Å². The highest BCUT2D eigenvalue weighted by molar-refractivity contribution is 7.87. The third-order valence-electron chi connectivity index (χ3n) is 2.87. The summed E-state index contributed by atoms with van der Waals surface area (Å²) in [5.41, 5.74) is 7.30. The number of benzene rings is 1. The van der Waals surface area contributed by atoms with Crippen molar-refractivity contribution in [1.29, 1.82) is 0 Å². The molecule has 0 aliphatic rings. The molecule has 1 amide bonds. The summed E-state index contributed by atoms with van der Waals surface area (Å²) in [5.74, 6) is 0. The summed E-state index contributed by atoms with van der Waals surface area (Å²) in [6.07, 6.45) is -0.983. The summed E-state index contributed by atoms with van der Waals surface area (Å²) in [6.45, 7) is 4.06. The highest BCUT2D eigenvalue weighted by Crippen LogP contribution is 2.13. The van der Waals surface area contributed by atoms with Gasteiger partial charge in [-0.15, -0.1) is 0 Å². The summed E-state index contributed by atoms with van der Waals surface area (Å²) >= 11 is 0. The molecule has 21 heavy (non-hydrogen) atoms. The van der Waals surface area contributed by atoms with Crippen LogP contribution in [0.15, 0.2) is 24.3 Å². The number of nitrogens with zero attached hydrogens (tertiary/aromatic N) is 1. The van der Waals surface area contributed by atoms with Crippen molar-refractivity contribution >= 4 is 16.3 Å². The molecule has 0 saturated heterocycles. The maximum Gasteiger partial charge on any atom is 0.421 e. The number of ether oxygens (including phenoxy) is 1. The van der Waals surface area contributed by atoms with Crippen LogP contribution in [0.25, 0.3) is 0 Å². The van der Waals surface area contributed by atoms with E-state index in [2.05, 4.69) is 4.74 Å². The van der Waals surface area contributed by atoms with E-state index in [1.54, 1.807) is 13.8 Å². The zero-order chi connectivity index (χ0) is 15.9. The van der Waals surface area contributed by atoms with E-state index in [0.717, 1.165) is 15.4 Å². The van der Waals surface area contributed by atoms with Gasteiger partial charge in [0.05, 0.1) is 6.61 Å². The second-order valence-electron chi connectivity index (χ2n) is 4.23. The molecule has 0 atom stereocenters. The Morgan fingerprint density at radius 3 is 2.43 bits per heavy atom. The molecular formula is C13H21N3O4S. The quantitative estimate of drug-likeness (QED) is 0.780. The molecule has 0 aliphatic carbocycles. The summed E-state index contributed by atoms with van der Waals surface area (Å²) < 4.78 is 31.9. The number of hydrogen-bond acceptors (Lipinski definition) is 5. The van der Waals surface area contributed by atoms with Crippen molar-refractivity contribution in [3.05, 3.63) is 35.4 Å². The molecule has 0 radical (unpaired) electrons. The first-order valence-electron chi connectivity index (χ1n) is 6.66. The second kappa shape index (κ2) is 7.96. The normalized spacial score (nSPS) is 11.4. The van der Waals surface area contributed by atoms with Crippen LogP contribution in [0.3, 0.4) is 0 Å². The number of nitrogens with one attached hydrogen (secondary N) is 1. The molecule has 0 fully saturated rings. The largest absolute Gasteiger partial charge is 0.449 e. The lowest BCUT2D eigenvalue weighted by atomic mass is 10.1. The van der Waals surface area contributed by atoms with Gasteiger partial charge in [-0.1, -0.05) is 31.2 Å². The van der Waals surface area contributed by atoms with E-state index in [1.807, 2.05) is 29.0 Å². The molecular weight excluding hydrogens is 294 g/mol. The van der Waals surface area contributed by atoms with Crippen molar-refractivity contribution < 1.29 is 17.9 Å². The van der Waals surface area contributed by atoms with Gasteiger partial charge in [0.1, 0.15) is 0 Å². The fourth-order valence-electron chi connectivity index (χ4n) is 1.80. The molecule has 3 N–H and O–H groups in total. The molecule has 0 saturated carbocycles. The van der Waals surface area contributed by atoms with Gasteiger partial charge in [0.15, 0.2) is 0 Å². The minimum atomic E-state index is -3.95. The molecule has 0 unspecified atom stereocenters. The third kappa shape index (κ3) is 5.00. The number of hydrogen-bond donors (Lipinski definition) is 2. The van der Waals surface area contributed by atoms with Gasteiger partial charge in [-0.3, -0.25) is 0 Å². The smallest absolute Gasteiger partial charge is 0.421 e. The fourth-order valence-corrected chi connectivity index (χ4v) is 2.85. The lowest BCUT2D eigenvalue weighted by molar-refractivity contribution is 0.158. The van der Waals surface area contributed by atoms with Crippen LogP contribution in [0.5, 0.6) is 0 Å². The Kier molecular flexibility index (Phi) is 6.60. The average Bonchev–Trinajstić information content (AvgIpc) is 2.44. The Morgan fingerprint density at radius 1 is 1.29 bits per heavy atom. The van der Waals surface area contributed by atoms with Crippen LogP contribution < -0.4 is 10.5 Å².